The topological polar surface area (TPSA) is 93.5 Å². The molecule has 0 amide bonds. The van der Waals surface area contributed by atoms with Crippen LogP contribution in [0.15, 0.2) is 29.3 Å². The maximum Gasteiger partial charge on any atom is 0.274 e. The van der Waals surface area contributed by atoms with E-state index >= 15 is 0 Å². The lowest BCUT2D eigenvalue weighted by Crippen LogP contribution is -2.37. The number of nitro groups is 1. The van der Waals surface area contributed by atoms with Crippen LogP contribution >= 0.6 is 0 Å². The minimum Gasteiger partial charge on any atom is -0.370 e. The Labute approximate surface area is 111 Å². The van der Waals surface area contributed by atoms with Crippen molar-refractivity contribution in [3.8, 4) is 0 Å². The van der Waals surface area contributed by atoms with E-state index in [9.17, 15) is 10.1 Å². The number of rotatable bonds is 5. The number of benzene rings is 1. The van der Waals surface area contributed by atoms with Crippen molar-refractivity contribution < 1.29 is 4.92 Å². The van der Waals surface area contributed by atoms with Gasteiger partial charge in [0, 0.05) is 12.6 Å². The number of hydrogen-bond donors (Lipinski definition) is 2. The van der Waals surface area contributed by atoms with Gasteiger partial charge < -0.3 is 11.1 Å². The molecule has 1 aromatic rings. The molecule has 1 aliphatic rings. The number of nitrogens with one attached hydrogen (secondary N) is 1. The third kappa shape index (κ3) is 3.67. The molecule has 1 saturated carbocycles. The standard InChI is InChI=1S/C13H18N4O2/c14-13(15-8-10-4-3-5-10)16-9-11-6-1-2-7-12(11)17(18)19/h1-2,6-7,10H,3-5,8-9H2,(H3,14,15,16). The van der Waals surface area contributed by atoms with Crippen molar-refractivity contribution in [1.29, 1.82) is 0 Å². The molecule has 0 atom stereocenters. The molecule has 6 heteroatoms. The van der Waals surface area contributed by atoms with Crippen LogP contribution < -0.4 is 11.1 Å². The summed E-state index contributed by atoms with van der Waals surface area (Å²) in [5.41, 5.74) is 6.40. The van der Waals surface area contributed by atoms with E-state index in [1.54, 1.807) is 18.2 Å². The number of aliphatic imine (C=N–C) groups is 1. The van der Waals surface area contributed by atoms with Crippen molar-refractivity contribution >= 4 is 11.6 Å². The van der Waals surface area contributed by atoms with Crippen molar-refractivity contribution in [2.24, 2.45) is 16.6 Å². The van der Waals surface area contributed by atoms with Gasteiger partial charge in [0.25, 0.3) is 5.69 Å². The van der Waals surface area contributed by atoms with Crippen LogP contribution in [0.1, 0.15) is 24.8 Å². The van der Waals surface area contributed by atoms with Crippen molar-refractivity contribution in [3.63, 3.8) is 0 Å². The van der Waals surface area contributed by atoms with Gasteiger partial charge in [-0.15, -0.1) is 0 Å². The molecule has 19 heavy (non-hydrogen) atoms. The molecule has 0 aliphatic heterocycles. The van der Waals surface area contributed by atoms with Gasteiger partial charge in [-0.2, -0.15) is 0 Å². The van der Waals surface area contributed by atoms with Crippen molar-refractivity contribution in [2.75, 3.05) is 6.54 Å². The third-order valence-corrected chi connectivity index (χ3v) is 3.40. The normalized spacial score (nSPS) is 15.9. The largest absolute Gasteiger partial charge is 0.370 e. The molecule has 6 nitrogen and oxygen atoms in total. The second-order valence-corrected chi connectivity index (χ2v) is 4.77. The minimum atomic E-state index is -0.400. The summed E-state index contributed by atoms with van der Waals surface area (Å²) in [6, 6.07) is 6.57. The molecular formula is C13H18N4O2. The van der Waals surface area contributed by atoms with Gasteiger partial charge in [0.1, 0.15) is 0 Å². The lowest BCUT2D eigenvalue weighted by Gasteiger charge is -2.25. The van der Waals surface area contributed by atoms with Gasteiger partial charge in [0.2, 0.25) is 0 Å². The minimum absolute atomic E-state index is 0.0815. The highest BCUT2D eigenvalue weighted by molar-refractivity contribution is 5.77. The van der Waals surface area contributed by atoms with Gasteiger partial charge in [0.15, 0.2) is 5.96 Å². The predicted molar refractivity (Wildman–Crippen MR) is 73.8 cm³/mol. The summed E-state index contributed by atoms with van der Waals surface area (Å²) in [4.78, 5) is 14.6. The summed E-state index contributed by atoms with van der Waals surface area (Å²) in [7, 11) is 0. The molecule has 3 N–H and O–H groups in total. The van der Waals surface area contributed by atoms with Gasteiger partial charge in [-0.05, 0) is 18.8 Å². The van der Waals surface area contributed by atoms with E-state index in [1.165, 1.54) is 25.3 Å². The maximum absolute atomic E-state index is 10.8. The van der Waals surface area contributed by atoms with Crippen LogP contribution in [-0.4, -0.2) is 17.4 Å². The Morgan fingerprint density at radius 2 is 2.21 bits per heavy atom. The van der Waals surface area contributed by atoms with E-state index < -0.39 is 4.92 Å². The van der Waals surface area contributed by atoms with Crippen molar-refractivity contribution in [1.82, 2.24) is 5.32 Å². The number of hydrogen-bond acceptors (Lipinski definition) is 3. The Bertz CT molecular complexity index is 483. The fourth-order valence-corrected chi connectivity index (χ4v) is 1.99. The van der Waals surface area contributed by atoms with Gasteiger partial charge >= 0.3 is 0 Å². The first-order chi connectivity index (χ1) is 9.16. The number of nitro benzene ring substituents is 1. The van der Waals surface area contributed by atoms with Crippen LogP contribution in [0.25, 0.3) is 0 Å². The highest BCUT2D eigenvalue weighted by Gasteiger charge is 2.17. The molecule has 0 radical (unpaired) electrons. The second kappa shape index (κ2) is 6.17. The van der Waals surface area contributed by atoms with Crippen LogP contribution in [0.4, 0.5) is 5.69 Å². The van der Waals surface area contributed by atoms with Crippen LogP contribution in [0.3, 0.4) is 0 Å². The molecular weight excluding hydrogens is 244 g/mol. The zero-order valence-electron chi connectivity index (χ0n) is 10.7. The molecule has 0 saturated heterocycles. The smallest absolute Gasteiger partial charge is 0.274 e. The van der Waals surface area contributed by atoms with Crippen LogP contribution in [-0.2, 0) is 6.54 Å². The fraction of sp³-hybridized carbons (Fsp3) is 0.462. The van der Waals surface area contributed by atoms with Crippen molar-refractivity contribution in [2.45, 2.75) is 25.8 Å². The highest BCUT2D eigenvalue weighted by atomic mass is 16.6. The monoisotopic (exact) mass is 262 g/mol. The van der Waals surface area contributed by atoms with E-state index in [0.717, 1.165) is 6.54 Å². The van der Waals surface area contributed by atoms with E-state index in [1.807, 2.05) is 0 Å². The summed E-state index contributed by atoms with van der Waals surface area (Å²) in [6.07, 6.45) is 3.77. The Balaban J connectivity index is 1.91. The molecule has 0 spiro atoms. The van der Waals surface area contributed by atoms with E-state index in [4.69, 9.17) is 5.73 Å². The van der Waals surface area contributed by atoms with Gasteiger partial charge in [-0.1, -0.05) is 24.6 Å². The predicted octanol–water partition coefficient (Wildman–Crippen LogP) is 1.80. The lowest BCUT2D eigenvalue weighted by molar-refractivity contribution is -0.385. The molecule has 0 unspecified atom stereocenters. The first-order valence-electron chi connectivity index (χ1n) is 6.43. The third-order valence-electron chi connectivity index (χ3n) is 3.40. The number of nitrogens with two attached hydrogens (primary N) is 1. The van der Waals surface area contributed by atoms with Gasteiger partial charge in [-0.3, -0.25) is 10.1 Å². The van der Waals surface area contributed by atoms with Crippen LogP contribution in [0.2, 0.25) is 0 Å². The number of guanidine groups is 1. The van der Waals surface area contributed by atoms with Crippen LogP contribution in [0, 0.1) is 16.0 Å². The summed E-state index contributed by atoms with van der Waals surface area (Å²) < 4.78 is 0. The summed E-state index contributed by atoms with van der Waals surface area (Å²) >= 11 is 0. The van der Waals surface area contributed by atoms with Gasteiger partial charge in [0.05, 0.1) is 17.0 Å². The SMILES string of the molecule is NC(=NCc1ccccc1[N+](=O)[O-])NCC1CCC1. The van der Waals surface area contributed by atoms with E-state index in [0.29, 0.717) is 17.4 Å². The Kier molecular flexibility index (Phi) is 4.33. The van der Waals surface area contributed by atoms with E-state index in [-0.39, 0.29) is 12.2 Å². The average Bonchev–Trinajstić information content (AvgIpc) is 2.34. The number of para-hydroxylation sites is 1. The maximum atomic E-state index is 10.8. The summed E-state index contributed by atoms with van der Waals surface area (Å²) in [6.45, 7) is 1.06. The number of nitrogens with zero attached hydrogens (tertiary/aromatic N) is 2. The first kappa shape index (κ1) is 13.3. The Hall–Kier alpha value is -2.11. The molecule has 0 aromatic heterocycles. The lowest BCUT2D eigenvalue weighted by atomic mass is 9.85. The highest BCUT2D eigenvalue weighted by Crippen LogP contribution is 2.25. The molecule has 2 rings (SSSR count). The van der Waals surface area contributed by atoms with Crippen molar-refractivity contribution in [3.05, 3.63) is 39.9 Å². The molecule has 102 valence electrons. The first-order valence-corrected chi connectivity index (χ1v) is 6.43. The summed E-state index contributed by atoms with van der Waals surface area (Å²) in [5.74, 6) is 1.05. The van der Waals surface area contributed by atoms with Crippen LogP contribution in [0.5, 0.6) is 0 Å². The fourth-order valence-electron chi connectivity index (χ4n) is 1.99. The summed E-state index contributed by atoms with van der Waals surface area (Å²) in [5, 5.41) is 13.9. The molecule has 1 aliphatic carbocycles. The average molecular weight is 262 g/mol. The van der Waals surface area contributed by atoms with Gasteiger partial charge in [-0.25, -0.2) is 4.99 Å². The molecule has 1 aromatic carbocycles. The van der Waals surface area contributed by atoms with E-state index in [2.05, 4.69) is 10.3 Å². The second-order valence-electron chi connectivity index (χ2n) is 4.77. The molecule has 1 fully saturated rings. The Morgan fingerprint density at radius 3 is 2.84 bits per heavy atom. The Morgan fingerprint density at radius 1 is 1.47 bits per heavy atom. The zero-order chi connectivity index (χ0) is 13.7. The molecule has 0 heterocycles. The molecule has 0 bridgehead atoms. The zero-order valence-corrected chi connectivity index (χ0v) is 10.7. The quantitative estimate of drug-likeness (QED) is 0.366.